The largest absolute Gasteiger partial charge is 0.460 e. The Hall–Kier alpha value is -4.84. The van der Waals surface area contributed by atoms with Crippen LogP contribution in [0.25, 0.3) is 0 Å². The van der Waals surface area contributed by atoms with Crippen LogP contribution in [0.3, 0.4) is 0 Å². The van der Waals surface area contributed by atoms with Gasteiger partial charge in [0.25, 0.3) is 0 Å². The zero-order valence-electron chi connectivity index (χ0n) is 26.5. The van der Waals surface area contributed by atoms with Gasteiger partial charge >= 0.3 is 72.3 Å². The van der Waals surface area contributed by atoms with E-state index in [0.29, 0.717) is 0 Å². The number of anilines is 2. The third-order valence-electron chi connectivity index (χ3n) is 7.33. The highest BCUT2D eigenvalue weighted by molar-refractivity contribution is 5.61. The summed E-state index contributed by atoms with van der Waals surface area (Å²) in [6, 6.07) is -11.4. The topological polar surface area (TPSA) is 70.5 Å². The van der Waals surface area contributed by atoms with Gasteiger partial charge in [-0.15, -0.1) is 0 Å². The first-order valence-electron chi connectivity index (χ1n) is 13.7. The molecule has 2 aromatic rings. The smallest absolute Gasteiger partial charge is 0.427 e. The van der Waals surface area contributed by atoms with E-state index in [2.05, 4.69) is 9.47 Å². The summed E-state index contributed by atoms with van der Waals surface area (Å²) in [4.78, 5) is 0. The van der Waals surface area contributed by atoms with Gasteiger partial charge in [-0.25, -0.2) is 0 Å². The Kier molecular flexibility index (Phi) is 12.5. The molecule has 4 nitrogen and oxygen atoms in total. The average Bonchev–Trinajstić information content (AvgIpc) is 3.04. The average molecular weight is 926 g/mol. The fourth-order valence-corrected chi connectivity index (χ4v) is 4.25. The summed E-state index contributed by atoms with van der Waals surface area (Å²) >= 11 is 0. The highest BCUT2D eigenvalue weighted by atomic mass is 19.4. The first-order valence-corrected chi connectivity index (χ1v) is 13.7. The molecular formula is C27H10F28N2O2. The van der Waals surface area contributed by atoms with E-state index in [4.69, 9.17) is 11.5 Å². The third-order valence-corrected chi connectivity index (χ3v) is 7.33. The predicted octanol–water partition coefficient (Wildman–Crippen LogP) is 12.2. The number of hydrogen-bond acceptors (Lipinski definition) is 4. The number of allylic oxidation sites excluding steroid dienone is 2. The van der Waals surface area contributed by atoms with Gasteiger partial charge in [0.15, 0.2) is 11.5 Å². The van der Waals surface area contributed by atoms with Crippen molar-refractivity contribution in [2.24, 2.45) is 0 Å². The van der Waals surface area contributed by atoms with Gasteiger partial charge in [0.1, 0.15) is 0 Å². The van der Waals surface area contributed by atoms with E-state index in [9.17, 15) is 123 Å². The Morgan fingerprint density at radius 3 is 0.847 bits per heavy atom. The van der Waals surface area contributed by atoms with Gasteiger partial charge in [0, 0.05) is 0 Å². The van der Waals surface area contributed by atoms with Crippen molar-refractivity contribution in [2.75, 3.05) is 11.5 Å². The lowest BCUT2D eigenvalue weighted by molar-refractivity contribution is -0.392. The fourth-order valence-electron chi connectivity index (χ4n) is 4.25. The molecule has 4 N–H and O–H groups in total. The molecule has 0 fully saturated rings. The van der Waals surface area contributed by atoms with Crippen molar-refractivity contribution >= 4 is 11.4 Å². The number of halogens is 28. The van der Waals surface area contributed by atoms with Crippen LogP contribution >= 0.6 is 0 Å². The van der Waals surface area contributed by atoms with Crippen molar-refractivity contribution in [3.8, 4) is 11.5 Å². The van der Waals surface area contributed by atoms with Crippen LogP contribution in [-0.2, 0) is 5.41 Å². The van der Waals surface area contributed by atoms with Gasteiger partial charge in [-0.3, -0.25) is 0 Å². The highest BCUT2D eigenvalue weighted by Gasteiger charge is 2.85. The van der Waals surface area contributed by atoms with Gasteiger partial charge in [-0.1, -0.05) is 12.1 Å². The quantitative estimate of drug-likeness (QED) is 0.126. The molecule has 0 unspecified atom stereocenters. The van der Waals surface area contributed by atoms with Gasteiger partial charge in [-0.05, 0) is 35.4 Å². The second kappa shape index (κ2) is 14.7. The molecule has 59 heavy (non-hydrogen) atoms. The van der Waals surface area contributed by atoms with Crippen LogP contribution in [0.15, 0.2) is 60.1 Å². The molecule has 336 valence electrons. The zero-order chi connectivity index (χ0) is 46.9. The second-order valence-electron chi connectivity index (χ2n) is 11.1. The summed E-state index contributed by atoms with van der Waals surface area (Å²) in [5, 5.41) is 0. The zero-order valence-corrected chi connectivity index (χ0v) is 26.5. The van der Waals surface area contributed by atoms with Crippen LogP contribution in [0, 0.1) is 0 Å². The Morgan fingerprint density at radius 1 is 0.373 bits per heavy atom. The molecule has 2 rings (SSSR count). The molecule has 32 heteroatoms. The standard InChI is InChI=1S/C27H10F28N2O2/c28-13(18(32,33)20(36,37)22(40,41)26(50,51)52)15(30)58-11-5-7(1-3-9(11)56)17(24(44,45)46,25(47,48)49)8-2-4-10(57)12(6-8)59-16(31)14(29)19(34,35)21(38,39)23(42,43)27(53,54)55/h1-6H,56-57H2. The molecule has 0 aromatic heterocycles. The molecule has 0 bridgehead atoms. The molecule has 0 radical (unpaired) electrons. The predicted molar refractivity (Wildman–Crippen MR) is 136 cm³/mol. The molecule has 0 aliphatic carbocycles. The Labute approximate surface area is 304 Å². The number of benzene rings is 2. The monoisotopic (exact) mass is 926 g/mol. The minimum Gasteiger partial charge on any atom is -0.427 e. The highest BCUT2D eigenvalue weighted by Crippen LogP contribution is 2.60. The number of alkyl halides is 24. The first-order chi connectivity index (χ1) is 25.9. The normalized spacial score (nSPS) is 15.8. The maximum absolute atomic E-state index is 14.6. The molecule has 0 aliphatic heterocycles. The third kappa shape index (κ3) is 7.85. The van der Waals surface area contributed by atoms with Crippen molar-refractivity contribution in [1.29, 1.82) is 0 Å². The van der Waals surface area contributed by atoms with Gasteiger partial charge in [0.2, 0.25) is 17.1 Å². The second-order valence-corrected chi connectivity index (χ2v) is 11.1. The summed E-state index contributed by atoms with van der Waals surface area (Å²) < 4.78 is 388. The molecule has 0 amide bonds. The molecule has 0 atom stereocenters. The summed E-state index contributed by atoms with van der Waals surface area (Å²) in [7, 11) is 0. The summed E-state index contributed by atoms with van der Waals surface area (Å²) in [6.07, 6.45) is -29.3. The van der Waals surface area contributed by atoms with Crippen molar-refractivity contribution in [3.63, 3.8) is 0 Å². The van der Waals surface area contributed by atoms with Gasteiger partial charge < -0.3 is 20.9 Å². The van der Waals surface area contributed by atoms with E-state index in [1.165, 1.54) is 0 Å². The SMILES string of the molecule is Nc1ccc(C(c2ccc(N)c(OC(F)=C(F)C(F)(F)C(F)(F)C(F)(F)C(F)(F)F)c2)(C(F)(F)F)C(F)(F)F)cc1OC(F)=C(F)C(F)(F)C(F)(F)C(F)(F)C(F)(F)F. The van der Waals surface area contributed by atoms with E-state index in [0.717, 1.165) is 0 Å². The number of nitrogens with two attached hydrogens (primary N) is 2. The van der Waals surface area contributed by atoms with E-state index in [1.807, 2.05) is 0 Å². The lowest BCUT2D eigenvalue weighted by atomic mass is 9.72. The van der Waals surface area contributed by atoms with Crippen LogP contribution in [0.4, 0.5) is 134 Å². The summed E-state index contributed by atoms with van der Waals surface area (Å²) in [6.45, 7) is 0. The van der Waals surface area contributed by atoms with E-state index in [-0.39, 0.29) is 12.1 Å². The molecule has 0 heterocycles. The maximum atomic E-state index is 14.6. The van der Waals surface area contributed by atoms with Crippen LogP contribution < -0.4 is 20.9 Å². The maximum Gasteiger partial charge on any atom is 0.460 e. The number of ether oxygens (including phenoxy) is 2. The van der Waals surface area contributed by atoms with Crippen LogP contribution in [0.1, 0.15) is 11.1 Å². The molecule has 0 aliphatic rings. The fraction of sp³-hybridized carbons (Fsp3) is 0.407. The minimum absolute atomic E-state index is 0.280. The van der Waals surface area contributed by atoms with E-state index in [1.54, 1.807) is 0 Å². The molecule has 0 saturated heterocycles. The number of nitrogen functional groups attached to an aromatic ring is 2. The number of hydrogen-bond donors (Lipinski definition) is 2. The molecule has 2 aromatic carbocycles. The van der Waals surface area contributed by atoms with Crippen molar-refractivity contribution in [2.45, 2.75) is 65.7 Å². The summed E-state index contributed by atoms with van der Waals surface area (Å²) in [5.74, 6) is -61.1. The Morgan fingerprint density at radius 2 is 0.627 bits per heavy atom. The molecule has 0 spiro atoms. The Bertz CT molecular complexity index is 1810. The number of rotatable bonds is 12. The molecule has 0 saturated carbocycles. The Balaban J connectivity index is 2.92. The van der Waals surface area contributed by atoms with E-state index < -0.39 is 148 Å². The van der Waals surface area contributed by atoms with Crippen molar-refractivity contribution in [3.05, 3.63) is 71.2 Å². The van der Waals surface area contributed by atoms with Crippen molar-refractivity contribution in [1.82, 2.24) is 0 Å². The van der Waals surface area contributed by atoms with Gasteiger partial charge in [0.05, 0.1) is 11.4 Å². The van der Waals surface area contributed by atoms with Crippen LogP contribution in [-0.4, -0.2) is 60.2 Å². The van der Waals surface area contributed by atoms with Crippen LogP contribution in [0.2, 0.25) is 0 Å². The minimum atomic E-state index is -7.98. The first kappa shape index (κ1) is 50.3. The summed E-state index contributed by atoms with van der Waals surface area (Å²) in [5.41, 5.74) is -4.27. The lowest BCUT2D eigenvalue weighted by Gasteiger charge is -2.38. The molecular weight excluding hydrogens is 916 g/mol. The van der Waals surface area contributed by atoms with Crippen LogP contribution in [0.5, 0.6) is 11.5 Å². The van der Waals surface area contributed by atoms with E-state index >= 15 is 0 Å². The lowest BCUT2D eigenvalue weighted by Crippen LogP contribution is -2.61. The van der Waals surface area contributed by atoms with Gasteiger partial charge in [-0.2, -0.15) is 123 Å². The van der Waals surface area contributed by atoms with Crippen molar-refractivity contribution < 1.29 is 132 Å².